The van der Waals surface area contributed by atoms with Crippen LogP contribution in [0.5, 0.6) is 5.75 Å². The first kappa shape index (κ1) is 13.3. The van der Waals surface area contributed by atoms with E-state index in [1.165, 1.54) is 7.11 Å². The number of alkyl halides is 1. The lowest BCUT2D eigenvalue weighted by Gasteiger charge is -2.14. The molecule has 3 heteroatoms. The number of methoxy groups -OCH3 is 1. The number of hydrogen-bond acceptors (Lipinski definition) is 1. The van der Waals surface area contributed by atoms with Crippen molar-refractivity contribution in [1.82, 2.24) is 0 Å². The Balaban J connectivity index is 2.73. The maximum atomic E-state index is 13.8. The molecule has 1 aromatic rings. The Bertz CT molecular complexity index is 339. The van der Waals surface area contributed by atoms with E-state index >= 15 is 0 Å². The van der Waals surface area contributed by atoms with Crippen molar-refractivity contribution in [1.29, 1.82) is 0 Å². The van der Waals surface area contributed by atoms with Crippen LogP contribution in [-0.2, 0) is 6.42 Å². The molecule has 0 fully saturated rings. The molecule has 0 bridgehead atoms. The summed E-state index contributed by atoms with van der Waals surface area (Å²) in [6.45, 7) is 4.04. The molecule has 90 valence electrons. The molecule has 16 heavy (non-hydrogen) atoms. The van der Waals surface area contributed by atoms with Gasteiger partial charge < -0.3 is 4.74 Å². The number of rotatable bonds is 5. The summed E-state index contributed by atoms with van der Waals surface area (Å²) in [7, 11) is 1.48. The zero-order chi connectivity index (χ0) is 12.1. The quantitative estimate of drug-likeness (QED) is 0.711. The van der Waals surface area contributed by atoms with Gasteiger partial charge >= 0.3 is 0 Å². The molecule has 1 nitrogen and oxygen atoms in total. The second kappa shape index (κ2) is 6.09. The maximum Gasteiger partial charge on any atom is 0.168 e. The van der Waals surface area contributed by atoms with E-state index < -0.39 is 0 Å². The van der Waals surface area contributed by atoms with E-state index in [4.69, 9.17) is 16.3 Å². The Kier molecular flexibility index (Phi) is 5.07. The summed E-state index contributed by atoms with van der Waals surface area (Å²) in [4.78, 5) is 0. The summed E-state index contributed by atoms with van der Waals surface area (Å²) in [6, 6.07) is 5.25. The third-order valence-electron chi connectivity index (χ3n) is 2.56. The van der Waals surface area contributed by atoms with Crippen molar-refractivity contribution < 1.29 is 9.13 Å². The van der Waals surface area contributed by atoms with Crippen molar-refractivity contribution in [3.05, 3.63) is 29.6 Å². The van der Waals surface area contributed by atoms with Crippen LogP contribution in [0.4, 0.5) is 4.39 Å². The van der Waals surface area contributed by atoms with Gasteiger partial charge in [-0.3, -0.25) is 0 Å². The van der Waals surface area contributed by atoms with E-state index in [-0.39, 0.29) is 11.2 Å². The Labute approximate surface area is 102 Å². The normalized spacial score (nSPS) is 14.6. The molecule has 1 rings (SSSR count). The number of benzene rings is 1. The number of halogens is 2. The fourth-order valence-electron chi connectivity index (χ4n) is 1.88. The van der Waals surface area contributed by atoms with Crippen LogP contribution in [0.1, 0.15) is 25.8 Å². The fourth-order valence-corrected chi connectivity index (χ4v) is 2.19. The highest BCUT2D eigenvalue weighted by Gasteiger charge is 2.13. The molecule has 0 heterocycles. The van der Waals surface area contributed by atoms with Crippen LogP contribution in [0, 0.1) is 11.7 Å². The summed E-state index contributed by atoms with van der Waals surface area (Å²) in [5, 5.41) is 0.128. The van der Waals surface area contributed by atoms with Crippen molar-refractivity contribution in [2.75, 3.05) is 7.11 Å². The third-order valence-corrected chi connectivity index (χ3v) is 2.74. The Morgan fingerprint density at radius 1 is 1.38 bits per heavy atom. The SMILES string of the molecule is COc1cccc(CC(C)CC(C)Cl)c1F. The Morgan fingerprint density at radius 2 is 2.06 bits per heavy atom. The third kappa shape index (κ3) is 3.67. The second-order valence-corrected chi connectivity index (χ2v) is 5.00. The highest BCUT2D eigenvalue weighted by molar-refractivity contribution is 6.20. The molecule has 0 aromatic heterocycles. The van der Waals surface area contributed by atoms with Gasteiger partial charge in [0.1, 0.15) is 0 Å². The molecule has 0 aliphatic heterocycles. The van der Waals surface area contributed by atoms with Gasteiger partial charge in [-0.05, 0) is 37.3 Å². The van der Waals surface area contributed by atoms with Gasteiger partial charge in [0.05, 0.1) is 7.11 Å². The van der Waals surface area contributed by atoms with E-state index in [1.807, 2.05) is 13.0 Å². The zero-order valence-corrected chi connectivity index (χ0v) is 10.7. The lowest BCUT2D eigenvalue weighted by atomic mass is 9.96. The topological polar surface area (TPSA) is 9.23 Å². The first-order valence-electron chi connectivity index (χ1n) is 5.50. The second-order valence-electron chi connectivity index (χ2n) is 4.26. The molecule has 1 aromatic carbocycles. The minimum Gasteiger partial charge on any atom is -0.494 e. The largest absolute Gasteiger partial charge is 0.494 e. The van der Waals surface area contributed by atoms with E-state index in [1.54, 1.807) is 12.1 Å². The average molecular weight is 245 g/mol. The molecule has 0 aliphatic carbocycles. The van der Waals surface area contributed by atoms with Gasteiger partial charge in [0.2, 0.25) is 0 Å². The lowest BCUT2D eigenvalue weighted by Crippen LogP contribution is -2.07. The molecule has 0 N–H and O–H groups in total. The first-order valence-corrected chi connectivity index (χ1v) is 5.93. The molecular formula is C13H18ClFO. The lowest BCUT2D eigenvalue weighted by molar-refractivity contribution is 0.382. The summed E-state index contributed by atoms with van der Waals surface area (Å²) < 4.78 is 18.8. The molecule has 0 spiro atoms. The van der Waals surface area contributed by atoms with Crippen LogP contribution in [0.2, 0.25) is 0 Å². The van der Waals surface area contributed by atoms with Crippen LogP contribution in [0.15, 0.2) is 18.2 Å². The molecule has 0 saturated heterocycles. The van der Waals surface area contributed by atoms with E-state index in [0.717, 1.165) is 6.42 Å². The van der Waals surface area contributed by atoms with Gasteiger partial charge in [-0.1, -0.05) is 19.1 Å². The Morgan fingerprint density at radius 3 is 2.62 bits per heavy atom. The van der Waals surface area contributed by atoms with E-state index in [0.29, 0.717) is 23.7 Å². The summed E-state index contributed by atoms with van der Waals surface area (Å²) >= 11 is 5.92. The molecule has 0 amide bonds. The van der Waals surface area contributed by atoms with Gasteiger partial charge in [-0.2, -0.15) is 0 Å². The summed E-state index contributed by atoms with van der Waals surface area (Å²) in [6.07, 6.45) is 1.58. The summed E-state index contributed by atoms with van der Waals surface area (Å²) in [5.74, 6) is 0.428. The monoisotopic (exact) mass is 244 g/mol. The number of hydrogen-bond donors (Lipinski definition) is 0. The van der Waals surface area contributed by atoms with Gasteiger partial charge in [-0.15, -0.1) is 11.6 Å². The molecule has 0 radical (unpaired) electrons. The van der Waals surface area contributed by atoms with Crippen LogP contribution < -0.4 is 4.74 Å². The number of ether oxygens (including phenoxy) is 1. The van der Waals surface area contributed by atoms with E-state index in [9.17, 15) is 4.39 Å². The molecule has 0 aliphatic rings. The predicted octanol–water partition coefficient (Wildman–Crippen LogP) is 4.03. The van der Waals surface area contributed by atoms with Crippen LogP contribution in [0.3, 0.4) is 0 Å². The van der Waals surface area contributed by atoms with Crippen molar-refractivity contribution in [2.45, 2.75) is 32.1 Å². The van der Waals surface area contributed by atoms with Gasteiger partial charge in [0.15, 0.2) is 11.6 Å². The van der Waals surface area contributed by atoms with Gasteiger partial charge in [0, 0.05) is 5.38 Å². The van der Waals surface area contributed by atoms with Crippen LogP contribution >= 0.6 is 11.6 Å². The minimum atomic E-state index is -0.251. The highest BCUT2D eigenvalue weighted by atomic mass is 35.5. The average Bonchev–Trinajstić information content (AvgIpc) is 2.20. The first-order chi connectivity index (χ1) is 7.54. The summed E-state index contributed by atoms with van der Waals surface area (Å²) in [5.41, 5.74) is 0.698. The van der Waals surface area contributed by atoms with Gasteiger partial charge in [-0.25, -0.2) is 4.39 Å². The van der Waals surface area contributed by atoms with Crippen LogP contribution in [-0.4, -0.2) is 12.5 Å². The van der Waals surface area contributed by atoms with Crippen molar-refractivity contribution in [2.24, 2.45) is 5.92 Å². The standard InChI is InChI=1S/C13H18ClFO/c1-9(7-10(2)14)8-11-5-4-6-12(16-3)13(11)15/h4-6,9-10H,7-8H2,1-3H3. The smallest absolute Gasteiger partial charge is 0.168 e. The van der Waals surface area contributed by atoms with E-state index in [2.05, 4.69) is 6.92 Å². The molecule has 2 atom stereocenters. The van der Waals surface area contributed by atoms with Crippen molar-refractivity contribution >= 4 is 11.6 Å². The zero-order valence-electron chi connectivity index (χ0n) is 9.97. The fraction of sp³-hybridized carbons (Fsp3) is 0.538. The van der Waals surface area contributed by atoms with Crippen LogP contribution in [0.25, 0.3) is 0 Å². The molecule has 2 unspecified atom stereocenters. The molecule has 0 saturated carbocycles. The van der Waals surface area contributed by atoms with Gasteiger partial charge in [0.25, 0.3) is 0 Å². The molecular weight excluding hydrogens is 227 g/mol. The van der Waals surface area contributed by atoms with Crippen molar-refractivity contribution in [3.63, 3.8) is 0 Å². The maximum absolute atomic E-state index is 13.8. The Hall–Kier alpha value is -0.760. The van der Waals surface area contributed by atoms with Crippen molar-refractivity contribution in [3.8, 4) is 5.75 Å². The minimum absolute atomic E-state index is 0.128. The highest BCUT2D eigenvalue weighted by Crippen LogP contribution is 2.24. The predicted molar refractivity (Wildman–Crippen MR) is 65.8 cm³/mol.